The molecule has 178 valence electrons. The molecule has 34 heavy (non-hydrogen) atoms. The van der Waals surface area contributed by atoms with E-state index in [2.05, 4.69) is 5.10 Å². The lowest BCUT2D eigenvalue weighted by atomic mass is 10.1. The van der Waals surface area contributed by atoms with Crippen LogP contribution >= 0.6 is 0 Å². The third kappa shape index (κ3) is 4.80. The molecule has 1 aromatic heterocycles. The highest BCUT2D eigenvalue weighted by atomic mass is 19.4. The fraction of sp³-hybridized carbons (Fsp3) is 0.292. The van der Waals surface area contributed by atoms with Gasteiger partial charge in [-0.1, -0.05) is 30.3 Å². The maximum atomic E-state index is 14.0. The molecule has 2 aromatic carbocycles. The van der Waals surface area contributed by atoms with Crippen LogP contribution in [0.5, 0.6) is 0 Å². The minimum atomic E-state index is -4.79. The predicted octanol–water partition coefficient (Wildman–Crippen LogP) is 3.87. The molecule has 10 heteroatoms. The molecule has 0 aliphatic carbocycles. The fourth-order valence-corrected chi connectivity index (χ4v) is 3.98. The number of para-hydroxylation sites is 1. The largest absolute Gasteiger partial charge is 0.434 e. The van der Waals surface area contributed by atoms with Crippen molar-refractivity contribution in [2.75, 3.05) is 26.2 Å². The second-order valence-corrected chi connectivity index (χ2v) is 8.08. The third-order valence-electron chi connectivity index (χ3n) is 5.80. The van der Waals surface area contributed by atoms with Gasteiger partial charge in [-0.3, -0.25) is 9.59 Å². The van der Waals surface area contributed by atoms with Crippen molar-refractivity contribution < 1.29 is 27.2 Å². The highest BCUT2D eigenvalue weighted by Crippen LogP contribution is 2.35. The summed E-state index contributed by atoms with van der Waals surface area (Å²) in [5, 5.41) is 3.88. The zero-order valence-corrected chi connectivity index (χ0v) is 18.3. The number of amides is 2. The van der Waals surface area contributed by atoms with Gasteiger partial charge in [0.15, 0.2) is 5.69 Å². The Kier molecular flexibility index (Phi) is 6.41. The summed E-state index contributed by atoms with van der Waals surface area (Å²) in [6.07, 6.45) is -3.77. The van der Waals surface area contributed by atoms with E-state index in [0.29, 0.717) is 11.1 Å². The number of rotatable bonds is 4. The highest BCUT2D eigenvalue weighted by molar-refractivity contribution is 5.95. The Morgan fingerprint density at radius 3 is 2.18 bits per heavy atom. The number of alkyl halides is 3. The summed E-state index contributed by atoms with van der Waals surface area (Å²) >= 11 is 0. The van der Waals surface area contributed by atoms with Crippen LogP contribution in [0.15, 0.2) is 54.7 Å². The lowest BCUT2D eigenvalue weighted by Gasteiger charge is -2.35. The van der Waals surface area contributed by atoms with E-state index in [4.69, 9.17) is 0 Å². The molecule has 1 fully saturated rings. The molecule has 6 nitrogen and oxygen atoms in total. The van der Waals surface area contributed by atoms with Crippen molar-refractivity contribution in [2.45, 2.75) is 19.5 Å². The number of nitrogens with zero attached hydrogens (tertiary/aromatic N) is 4. The Morgan fingerprint density at radius 2 is 1.56 bits per heavy atom. The van der Waals surface area contributed by atoms with Gasteiger partial charge in [-0.2, -0.15) is 18.3 Å². The van der Waals surface area contributed by atoms with Crippen molar-refractivity contribution in [3.05, 3.63) is 82.9 Å². The van der Waals surface area contributed by atoms with Crippen LogP contribution in [0, 0.1) is 12.7 Å². The van der Waals surface area contributed by atoms with Gasteiger partial charge in [0.05, 0.1) is 23.9 Å². The molecule has 1 aliphatic heterocycles. The summed E-state index contributed by atoms with van der Waals surface area (Å²) in [6, 6.07) is 12.1. The Labute approximate surface area is 193 Å². The monoisotopic (exact) mass is 474 g/mol. The van der Waals surface area contributed by atoms with Crippen molar-refractivity contribution in [3.8, 4) is 5.69 Å². The number of carbonyl (C=O) groups is 2. The van der Waals surface area contributed by atoms with Crippen LogP contribution in [-0.4, -0.2) is 57.6 Å². The Bertz CT molecular complexity index is 1200. The van der Waals surface area contributed by atoms with Gasteiger partial charge < -0.3 is 9.80 Å². The minimum Gasteiger partial charge on any atom is -0.339 e. The molecule has 0 atom stereocenters. The maximum Gasteiger partial charge on any atom is 0.434 e. The molecule has 0 spiro atoms. The lowest BCUT2D eigenvalue weighted by molar-refractivity contribution is -0.143. The van der Waals surface area contributed by atoms with E-state index in [1.54, 1.807) is 30.0 Å². The number of hydrogen-bond acceptors (Lipinski definition) is 3. The van der Waals surface area contributed by atoms with Gasteiger partial charge in [0.2, 0.25) is 5.91 Å². The van der Waals surface area contributed by atoms with Crippen LogP contribution in [0.2, 0.25) is 0 Å². The summed E-state index contributed by atoms with van der Waals surface area (Å²) in [5.74, 6) is -1.37. The molecular weight excluding hydrogens is 452 g/mol. The van der Waals surface area contributed by atoms with Gasteiger partial charge in [0.25, 0.3) is 5.91 Å². The second-order valence-electron chi connectivity index (χ2n) is 8.08. The summed E-state index contributed by atoms with van der Waals surface area (Å²) in [7, 11) is 0. The highest BCUT2D eigenvalue weighted by Gasteiger charge is 2.42. The van der Waals surface area contributed by atoms with Gasteiger partial charge in [-0.05, 0) is 36.2 Å². The molecule has 1 saturated heterocycles. The van der Waals surface area contributed by atoms with Gasteiger partial charge in [-0.15, -0.1) is 0 Å². The number of aryl methyl sites for hydroxylation is 1. The first kappa shape index (κ1) is 23.5. The second kappa shape index (κ2) is 9.28. The normalized spacial score (nSPS) is 14.4. The van der Waals surface area contributed by atoms with Crippen molar-refractivity contribution in [1.29, 1.82) is 0 Å². The van der Waals surface area contributed by atoms with Crippen LogP contribution in [0.4, 0.5) is 17.6 Å². The standard InChI is InChI=1S/C24H22F4N4O2/c1-16-4-2-3-5-20(16)32-22(24(26,27)28)19(15-29-32)23(34)31-12-10-30(11-13-31)21(33)14-17-6-8-18(25)9-7-17/h2-9,15H,10-14H2,1H3. The lowest BCUT2D eigenvalue weighted by Crippen LogP contribution is -2.51. The molecule has 0 unspecified atom stereocenters. The summed E-state index contributed by atoms with van der Waals surface area (Å²) in [4.78, 5) is 28.4. The molecule has 1 aliphatic rings. The van der Waals surface area contributed by atoms with E-state index in [1.807, 2.05) is 0 Å². The molecule has 2 amide bonds. The summed E-state index contributed by atoms with van der Waals surface area (Å²) in [6.45, 7) is 2.25. The van der Waals surface area contributed by atoms with Gasteiger partial charge in [-0.25, -0.2) is 9.07 Å². The molecule has 0 radical (unpaired) electrons. The number of carbonyl (C=O) groups excluding carboxylic acids is 2. The molecule has 2 heterocycles. The van der Waals surface area contributed by atoms with E-state index in [1.165, 1.54) is 35.2 Å². The number of piperazine rings is 1. The van der Waals surface area contributed by atoms with E-state index in [9.17, 15) is 27.2 Å². The molecule has 3 aromatic rings. The van der Waals surface area contributed by atoms with Crippen molar-refractivity contribution >= 4 is 11.8 Å². The van der Waals surface area contributed by atoms with E-state index < -0.39 is 29.2 Å². The summed E-state index contributed by atoms with van der Waals surface area (Å²) in [5.41, 5.74) is -0.166. The van der Waals surface area contributed by atoms with Crippen molar-refractivity contribution in [2.24, 2.45) is 0 Å². The zero-order chi connectivity index (χ0) is 24.5. The minimum absolute atomic E-state index is 0.0790. The average molecular weight is 474 g/mol. The Balaban J connectivity index is 1.48. The number of halogens is 4. The van der Waals surface area contributed by atoms with E-state index >= 15 is 0 Å². The first-order chi connectivity index (χ1) is 16.1. The van der Waals surface area contributed by atoms with Crippen molar-refractivity contribution in [1.82, 2.24) is 19.6 Å². The third-order valence-corrected chi connectivity index (χ3v) is 5.80. The van der Waals surface area contributed by atoms with Gasteiger partial charge in [0, 0.05) is 26.2 Å². The summed E-state index contributed by atoms with van der Waals surface area (Å²) < 4.78 is 55.7. The van der Waals surface area contributed by atoms with E-state index in [-0.39, 0.29) is 44.2 Å². The quantitative estimate of drug-likeness (QED) is 0.540. The van der Waals surface area contributed by atoms with Gasteiger partial charge >= 0.3 is 6.18 Å². The zero-order valence-electron chi connectivity index (χ0n) is 18.3. The number of aromatic nitrogens is 2. The van der Waals surface area contributed by atoms with Gasteiger partial charge in [0.1, 0.15) is 5.82 Å². The fourth-order valence-electron chi connectivity index (χ4n) is 3.98. The molecule has 0 N–H and O–H groups in total. The van der Waals surface area contributed by atoms with Crippen LogP contribution in [0.3, 0.4) is 0 Å². The average Bonchev–Trinajstić information content (AvgIpc) is 3.26. The predicted molar refractivity (Wildman–Crippen MR) is 116 cm³/mol. The maximum absolute atomic E-state index is 14.0. The molecule has 0 saturated carbocycles. The van der Waals surface area contributed by atoms with Crippen LogP contribution in [0.25, 0.3) is 5.69 Å². The topological polar surface area (TPSA) is 58.4 Å². The van der Waals surface area contributed by atoms with Crippen LogP contribution in [0.1, 0.15) is 27.2 Å². The van der Waals surface area contributed by atoms with E-state index in [0.717, 1.165) is 10.9 Å². The Hall–Kier alpha value is -3.69. The van der Waals surface area contributed by atoms with Crippen molar-refractivity contribution in [3.63, 3.8) is 0 Å². The first-order valence-corrected chi connectivity index (χ1v) is 10.7. The van der Waals surface area contributed by atoms with Crippen LogP contribution in [-0.2, 0) is 17.4 Å². The molecular formula is C24H22F4N4O2. The number of benzene rings is 2. The number of hydrogen-bond donors (Lipinski definition) is 0. The molecule has 0 bridgehead atoms. The SMILES string of the molecule is Cc1ccccc1-n1ncc(C(=O)N2CCN(C(=O)Cc3ccc(F)cc3)CC2)c1C(F)(F)F. The Morgan fingerprint density at radius 1 is 0.941 bits per heavy atom. The smallest absolute Gasteiger partial charge is 0.339 e. The first-order valence-electron chi connectivity index (χ1n) is 10.7. The van der Waals surface area contributed by atoms with Crippen LogP contribution < -0.4 is 0 Å². The molecule has 4 rings (SSSR count).